The summed E-state index contributed by atoms with van der Waals surface area (Å²) in [7, 11) is 0. The van der Waals surface area contributed by atoms with Gasteiger partial charge >= 0.3 is 0 Å². The molecule has 1 aromatic heterocycles. The van der Waals surface area contributed by atoms with Crippen LogP contribution in [0.5, 0.6) is 0 Å². The van der Waals surface area contributed by atoms with Gasteiger partial charge in [0.15, 0.2) is 5.11 Å². The number of aryl methyl sites for hydroxylation is 1. The van der Waals surface area contributed by atoms with Gasteiger partial charge in [-0.3, -0.25) is 15.6 Å². The molecule has 9 heteroatoms. The second-order valence-corrected chi connectivity index (χ2v) is 7.41. The van der Waals surface area contributed by atoms with E-state index in [1.54, 1.807) is 12.1 Å². The van der Waals surface area contributed by atoms with Crippen LogP contribution in [0.15, 0.2) is 28.8 Å². The fourth-order valence-electron chi connectivity index (χ4n) is 2.64. The Balaban J connectivity index is 1.64. The average molecular weight is 422 g/mol. The van der Waals surface area contributed by atoms with Crippen molar-refractivity contribution in [3.05, 3.63) is 36.0 Å². The van der Waals surface area contributed by atoms with Crippen LogP contribution >= 0.6 is 12.2 Å². The molecule has 0 saturated heterocycles. The number of thiocarbonyl (C=S) groups is 1. The van der Waals surface area contributed by atoms with Gasteiger partial charge in [0.25, 0.3) is 0 Å². The Bertz CT molecular complexity index is 781. The first kappa shape index (κ1) is 22.7. The first-order valence-corrected chi connectivity index (χ1v) is 10.3. The highest BCUT2D eigenvalue weighted by molar-refractivity contribution is 7.80. The lowest BCUT2D eigenvalue weighted by atomic mass is 10.0. The minimum Gasteiger partial charge on any atom is -0.361 e. The van der Waals surface area contributed by atoms with Crippen LogP contribution in [0, 0.1) is 11.7 Å². The van der Waals surface area contributed by atoms with E-state index in [1.165, 1.54) is 31.4 Å². The zero-order chi connectivity index (χ0) is 21.1. The van der Waals surface area contributed by atoms with Gasteiger partial charge in [-0.15, -0.1) is 0 Å². The summed E-state index contributed by atoms with van der Waals surface area (Å²) in [6, 6.07) is 5.79. The van der Waals surface area contributed by atoms with Gasteiger partial charge in [-0.1, -0.05) is 38.3 Å². The SMILES string of the molecule is CCCCC[C@H](C)CNC(=S)NNC(=O)CCc1nc(-c2ccc(F)cc2)no1. The molecular weight excluding hydrogens is 393 g/mol. The molecule has 0 spiro atoms. The van der Waals surface area contributed by atoms with Crippen molar-refractivity contribution in [2.24, 2.45) is 5.92 Å². The number of aromatic nitrogens is 2. The van der Waals surface area contributed by atoms with Gasteiger partial charge in [0.1, 0.15) is 5.82 Å². The minimum absolute atomic E-state index is 0.161. The molecule has 1 aromatic carbocycles. The van der Waals surface area contributed by atoms with Crippen molar-refractivity contribution < 1.29 is 13.7 Å². The molecule has 29 heavy (non-hydrogen) atoms. The Hall–Kier alpha value is -2.55. The molecule has 1 amide bonds. The number of hydrogen-bond donors (Lipinski definition) is 3. The lowest BCUT2D eigenvalue weighted by molar-refractivity contribution is -0.121. The van der Waals surface area contributed by atoms with Gasteiger partial charge in [0, 0.05) is 24.9 Å². The van der Waals surface area contributed by atoms with Crippen molar-refractivity contribution in [2.75, 3.05) is 6.54 Å². The van der Waals surface area contributed by atoms with Gasteiger partial charge in [0.05, 0.1) is 0 Å². The first-order valence-electron chi connectivity index (χ1n) is 9.89. The van der Waals surface area contributed by atoms with Gasteiger partial charge in [0.2, 0.25) is 17.6 Å². The topological polar surface area (TPSA) is 92.1 Å². The normalized spacial score (nSPS) is 11.7. The summed E-state index contributed by atoms with van der Waals surface area (Å²) < 4.78 is 18.1. The Morgan fingerprint density at radius 1 is 1.24 bits per heavy atom. The maximum absolute atomic E-state index is 13.0. The predicted octanol–water partition coefficient (Wildman–Crippen LogP) is 3.52. The molecule has 0 unspecified atom stereocenters. The zero-order valence-corrected chi connectivity index (χ0v) is 17.7. The summed E-state index contributed by atoms with van der Waals surface area (Å²) in [6.07, 6.45) is 5.27. The highest BCUT2D eigenvalue weighted by Gasteiger charge is 2.11. The molecule has 0 aliphatic rings. The van der Waals surface area contributed by atoms with Crippen molar-refractivity contribution in [1.29, 1.82) is 0 Å². The number of unbranched alkanes of at least 4 members (excludes halogenated alkanes) is 2. The van der Waals surface area contributed by atoms with Crippen LogP contribution in [0.3, 0.4) is 0 Å². The standard InChI is InChI=1S/C20H28FN5O2S/c1-3-4-5-6-14(2)13-22-20(29)25-24-17(27)11-12-18-23-19(26-28-18)15-7-9-16(21)10-8-15/h7-10,14H,3-6,11-13H2,1-2H3,(H,24,27)(H2,22,25,29)/t14-/m0/s1. The van der Waals surface area contributed by atoms with Crippen LogP contribution in [0.1, 0.15) is 51.8 Å². The largest absolute Gasteiger partial charge is 0.361 e. The van der Waals surface area contributed by atoms with Crippen molar-refractivity contribution >= 4 is 23.2 Å². The number of amides is 1. The van der Waals surface area contributed by atoms with Crippen molar-refractivity contribution in [3.63, 3.8) is 0 Å². The Morgan fingerprint density at radius 2 is 2.00 bits per heavy atom. The Morgan fingerprint density at radius 3 is 2.72 bits per heavy atom. The number of halogens is 1. The molecule has 0 radical (unpaired) electrons. The maximum atomic E-state index is 13.0. The van der Waals surface area contributed by atoms with Crippen LogP contribution in [-0.4, -0.2) is 27.7 Å². The third-order valence-electron chi connectivity index (χ3n) is 4.36. The van der Waals surface area contributed by atoms with Crippen LogP contribution < -0.4 is 16.2 Å². The van der Waals surface area contributed by atoms with E-state index in [4.69, 9.17) is 16.7 Å². The summed E-state index contributed by atoms with van der Waals surface area (Å²) in [6.45, 7) is 5.13. The molecule has 0 saturated carbocycles. The third-order valence-corrected chi connectivity index (χ3v) is 4.61. The molecule has 7 nitrogen and oxygen atoms in total. The highest BCUT2D eigenvalue weighted by Crippen LogP contribution is 2.16. The van der Waals surface area contributed by atoms with Crippen LogP contribution in [-0.2, 0) is 11.2 Å². The number of carbonyl (C=O) groups is 1. The molecule has 2 rings (SSSR count). The fraction of sp³-hybridized carbons (Fsp3) is 0.500. The molecule has 1 heterocycles. The highest BCUT2D eigenvalue weighted by atomic mass is 32.1. The monoisotopic (exact) mass is 421 g/mol. The first-order chi connectivity index (χ1) is 14.0. The summed E-state index contributed by atoms with van der Waals surface area (Å²) >= 11 is 5.17. The summed E-state index contributed by atoms with van der Waals surface area (Å²) in [4.78, 5) is 16.2. The number of carbonyl (C=O) groups excluding carboxylic acids is 1. The predicted molar refractivity (Wildman–Crippen MR) is 113 cm³/mol. The van der Waals surface area contributed by atoms with Crippen molar-refractivity contribution in [1.82, 2.24) is 26.3 Å². The average Bonchev–Trinajstić information content (AvgIpc) is 3.19. The Kier molecular flexibility index (Phi) is 9.49. The molecule has 0 fully saturated rings. The number of hydrazine groups is 1. The quantitative estimate of drug-likeness (QED) is 0.307. The van der Waals surface area contributed by atoms with E-state index >= 15 is 0 Å². The van der Waals surface area contributed by atoms with E-state index in [0.717, 1.165) is 13.0 Å². The van der Waals surface area contributed by atoms with Gasteiger partial charge < -0.3 is 9.84 Å². The smallest absolute Gasteiger partial charge is 0.238 e. The number of hydrogen-bond acceptors (Lipinski definition) is 5. The summed E-state index contributed by atoms with van der Waals surface area (Å²) in [5, 5.41) is 7.34. The maximum Gasteiger partial charge on any atom is 0.238 e. The van der Waals surface area contributed by atoms with Crippen LogP contribution in [0.2, 0.25) is 0 Å². The molecule has 0 aliphatic carbocycles. The van der Waals surface area contributed by atoms with Crippen LogP contribution in [0.4, 0.5) is 4.39 Å². The van der Waals surface area contributed by atoms with E-state index in [-0.39, 0.29) is 24.6 Å². The molecule has 2 aromatic rings. The van der Waals surface area contributed by atoms with E-state index in [2.05, 4.69) is 40.2 Å². The Labute approximate surface area is 175 Å². The van der Waals surface area contributed by atoms with Gasteiger partial charge in [-0.25, -0.2) is 4.39 Å². The lowest BCUT2D eigenvalue weighted by Crippen LogP contribution is -2.47. The molecule has 0 bridgehead atoms. The number of nitrogens with zero attached hydrogens (tertiary/aromatic N) is 2. The number of benzene rings is 1. The molecule has 158 valence electrons. The van der Waals surface area contributed by atoms with E-state index in [9.17, 15) is 9.18 Å². The van der Waals surface area contributed by atoms with Crippen molar-refractivity contribution in [2.45, 2.75) is 52.4 Å². The summed E-state index contributed by atoms with van der Waals surface area (Å²) in [5.41, 5.74) is 5.89. The van der Waals surface area contributed by atoms with Gasteiger partial charge in [-0.05, 0) is 48.8 Å². The number of nitrogens with one attached hydrogen (secondary N) is 3. The van der Waals surface area contributed by atoms with Gasteiger partial charge in [-0.2, -0.15) is 4.98 Å². The second-order valence-electron chi connectivity index (χ2n) is 7.00. The fourth-order valence-corrected chi connectivity index (χ4v) is 2.77. The molecule has 1 atom stereocenters. The summed E-state index contributed by atoms with van der Waals surface area (Å²) in [5.74, 6) is 0.634. The lowest BCUT2D eigenvalue weighted by Gasteiger charge is -2.15. The minimum atomic E-state index is -0.333. The second kappa shape index (κ2) is 12.1. The van der Waals surface area contributed by atoms with E-state index in [0.29, 0.717) is 28.3 Å². The van der Waals surface area contributed by atoms with E-state index < -0.39 is 0 Å². The molecule has 0 aliphatic heterocycles. The third kappa shape index (κ3) is 8.55. The zero-order valence-electron chi connectivity index (χ0n) is 16.8. The van der Waals surface area contributed by atoms with Crippen LogP contribution in [0.25, 0.3) is 11.4 Å². The van der Waals surface area contributed by atoms with Crippen molar-refractivity contribution in [3.8, 4) is 11.4 Å². The van der Waals surface area contributed by atoms with E-state index in [1.807, 2.05) is 0 Å². The number of rotatable bonds is 10. The molecule has 3 N–H and O–H groups in total. The molecular formula is C20H28FN5O2S.